The summed E-state index contributed by atoms with van der Waals surface area (Å²) in [5.74, 6) is -1.32. The molecule has 2 amide bonds. The van der Waals surface area contributed by atoms with Gasteiger partial charge in [0.2, 0.25) is 5.91 Å². The molecule has 0 spiro atoms. The van der Waals surface area contributed by atoms with Gasteiger partial charge in [0.05, 0.1) is 13.0 Å². The van der Waals surface area contributed by atoms with E-state index in [0.717, 1.165) is 22.3 Å². The summed E-state index contributed by atoms with van der Waals surface area (Å²) in [6, 6.07) is 15.2. The van der Waals surface area contributed by atoms with Crippen LogP contribution >= 0.6 is 0 Å². The highest BCUT2D eigenvalue weighted by molar-refractivity contribution is 5.86. The number of carbonyl (C=O) groups is 3. The van der Waals surface area contributed by atoms with Crippen LogP contribution < -0.4 is 5.32 Å². The van der Waals surface area contributed by atoms with Crippen molar-refractivity contribution < 1.29 is 29.0 Å². The predicted octanol–water partition coefficient (Wildman–Crippen LogP) is 2.47. The number of carboxylic acid groups (broad SMARTS) is 1. The molecule has 1 heterocycles. The molecule has 8 nitrogen and oxygen atoms in total. The SMILES string of the molecule is COC[C@H](NC(=O)OCC1c2ccccc2-c2ccccc21)C(=O)N1CC(CC(=O)O)C1. The maximum Gasteiger partial charge on any atom is 0.407 e. The van der Waals surface area contributed by atoms with E-state index in [4.69, 9.17) is 14.6 Å². The van der Waals surface area contributed by atoms with Gasteiger partial charge in [0.15, 0.2) is 0 Å². The first-order valence-electron chi connectivity index (χ1n) is 10.6. The van der Waals surface area contributed by atoms with Crippen LogP contribution in [0.15, 0.2) is 48.5 Å². The molecular weight excluding hydrogens is 412 g/mol. The summed E-state index contributed by atoms with van der Waals surface area (Å²) in [4.78, 5) is 37.5. The molecule has 0 radical (unpaired) electrons. The molecule has 0 saturated carbocycles. The van der Waals surface area contributed by atoms with E-state index in [1.165, 1.54) is 12.0 Å². The van der Waals surface area contributed by atoms with E-state index >= 15 is 0 Å². The number of carboxylic acids is 1. The van der Waals surface area contributed by atoms with Crippen molar-refractivity contribution >= 4 is 18.0 Å². The first-order chi connectivity index (χ1) is 15.5. The summed E-state index contributed by atoms with van der Waals surface area (Å²) < 4.78 is 10.6. The summed E-state index contributed by atoms with van der Waals surface area (Å²) in [6.07, 6.45) is -0.664. The molecule has 1 fully saturated rings. The number of benzene rings is 2. The van der Waals surface area contributed by atoms with Crippen molar-refractivity contribution in [3.05, 3.63) is 59.7 Å². The van der Waals surface area contributed by atoms with Crippen molar-refractivity contribution in [2.24, 2.45) is 5.92 Å². The maximum absolute atomic E-state index is 12.7. The Morgan fingerprint density at radius 1 is 1.06 bits per heavy atom. The fraction of sp³-hybridized carbons (Fsp3) is 0.375. The third kappa shape index (κ3) is 4.45. The van der Waals surface area contributed by atoms with Gasteiger partial charge in [-0.1, -0.05) is 48.5 Å². The predicted molar refractivity (Wildman–Crippen MR) is 116 cm³/mol. The van der Waals surface area contributed by atoms with E-state index in [0.29, 0.717) is 13.1 Å². The van der Waals surface area contributed by atoms with Crippen LogP contribution in [0.3, 0.4) is 0 Å². The monoisotopic (exact) mass is 438 g/mol. The Morgan fingerprint density at radius 2 is 1.66 bits per heavy atom. The van der Waals surface area contributed by atoms with Gasteiger partial charge in [-0.2, -0.15) is 0 Å². The fourth-order valence-corrected chi connectivity index (χ4v) is 4.47. The lowest BCUT2D eigenvalue weighted by atomic mass is 9.95. The fourth-order valence-electron chi connectivity index (χ4n) is 4.47. The molecule has 2 aliphatic rings. The average Bonchev–Trinajstić information content (AvgIpc) is 3.07. The van der Waals surface area contributed by atoms with E-state index in [9.17, 15) is 14.4 Å². The highest BCUT2D eigenvalue weighted by Crippen LogP contribution is 2.44. The lowest BCUT2D eigenvalue weighted by molar-refractivity contribution is -0.146. The minimum absolute atomic E-state index is 0.00310. The zero-order chi connectivity index (χ0) is 22.7. The van der Waals surface area contributed by atoms with E-state index in [2.05, 4.69) is 17.4 Å². The van der Waals surface area contributed by atoms with Crippen LogP contribution in [0, 0.1) is 5.92 Å². The molecule has 168 valence electrons. The van der Waals surface area contributed by atoms with Crippen molar-refractivity contribution in [1.82, 2.24) is 10.2 Å². The zero-order valence-electron chi connectivity index (χ0n) is 17.8. The standard InChI is InChI=1S/C24H26N2O6/c1-31-14-21(23(29)26-11-15(12-26)10-22(27)28)25-24(30)32-13-20-18-8-4-2-6-16(18)17-7-3-5-9-19(17)20/h2-9,15,20-21H,10-14H2,1H3,(H,25,30)(H,27,28)/t21-/m0/s1. The molecule has 1 atom stereocenters. The van der Waals surface area contributed by atoms with Crippen molar-refractivity contribution in [2.45, 2.75) is 18.4 Å². The van der Waals surface area contributed by atoms with Crippen LogP contribution in [-0.2, 0) is 19.1 Å². The first kappa shape index (κ1) is 21.8. The molecule has 0 aromatic heterocycles. The number of ether oxygens (including phenoxy) is 2. The van der Waals surface area contributed by atoms with Gasteiger partial charge in [-0.05, 0) is 22.3 Å². The number of methoxy groups -OCH3 is 1. The smallest absolute Gasteiger partial charge is 0.407 e. The number of alkyl carbamates (subject to hydrolysis) is 1. The number of fused-ring (bicyclic) bond motifs is 3. The van der Waals surface area contributed by atoms with Gasteiger partial charge in [0.1, 0.15) is 12.6 Å². The molecule has 1 aliphatic heterocycles. The van der Waals surface area contributed by atoms with Crippen LogP contribution in [-0.4, -0.2) is 67.4 Å². The van der Waals surface area contributed by atoms with Crippen LogP contribution in [0.2, 0.25) is 0 Å². The lowest BCUT2D eigenvalue weighted by Crippen LogP contribution is -2.58. The summed E-state index contributed by atoms with van der Waals surface area (Å²) in [6.45, 7) is 0.872. The van der Waals surface area contributed by atoms with Gasteiger partial charge in [0, 0.05) is 32.0 Å². The summed E-state index contributed by atoms with van der Waals surface area (Å²) in [5, 5.41) is 11.5. The summed E-state index contributed by atoms with van der Waals surface area (Å²) >= 11 is 0. The molecule has 2 N–H and O–H groups in total. The minimum atomic E-state index is -0.888. The maximum atomic E-state index is 12.7. The Balaban J connectivity index is 1.35. The Labute approximate surface area is 186 Å². The van der Waals surface area contributed by atoms with Crippen LogP contribution in [0.1, 0.15) is 23.5 Å². The number of likely N-dealkylation sites (tertiary alicyclic amines) is 1. The topological polar surface area (TPSA) is 105 Å². The van der Waals surface area contributed by atoms with Gasteiger partial charge in [-0.15, -0.1) is 0 Å². The molecule has 4 rings (SSSR count). The van der Waals surface area contributed by atoms with E-state index < -0.39 is 18.1 Å². The number of carbonyl (C=O) groups excluding carboxylic acids is 2. The molecule has 8 heteroatoms. The number of rotatable bonds is 8. The van der Waals surface area contributed by atoms with Crippen LogP contribution in [0.4, 0.5) is 4.79 Å². The molecule has 2 aromatic rings. The Hall–Kier alpha value is -3.39. The second-order valence-corrected chi connectivity index (χ2v) is 8.18. The van der Waals surface area contributed by atoms with Crippen molar-refractivity contribution in [1.29, 1.82) is 0 Å². The quantitative estimate of drug-likeness (QED) is 0.656. The van der Waals surface area contributed by atoms with E-state index in [1.807, 2.05) is 36.4 Å². The molecule has 32 heavy (non-hydrogen) atoms. The molecular formula is C24H26N2O6. The Bertz CT molecular complexity index is 972. The highest BCUT2D eigenvalue weighted by atomic mass is 16.5. The molecule has 1 aliphatic carbocycles. The van der Waals surface area contributed by atoms with E-state index in [-0.39, 0.29) is 37.4 Å². The normalized spacial score (nSPS) is 16.0. The van der Waals surface area contributed by atoms with Crippen molar-refractivity contribution in [3.63, 3.8) is 0 Å². The number of hydrogen-bond acceptors (Lipinski definition) is 5. The van der Waals surface area contributed by atoms with Gasteiger partial charge < -0.3 is 24.8 Å². The second-order valence-electron chi connectivity index (χ2n) is 8.18. The van der Waals surface area contributed by atoms with Gasteiger partial charge in [0.25, 0.3) is 0 Å². The molecule has 1 saturated heterocycles. The Morgan fingerprint density at radius 3 is 2.22 bits per heavy atom. The van der Waals surface area contributed by atoms with Gasteiger partial charge in [-0.3, -0.25) is 9.59 Å². The third-order valence-corrected chi connectivity index (χ3v) is 6.00. The minimum Gasteiger partial charge on any atom is -0.481 e. The largest absolute Gasteiger partial charge is 0.481 e. The number of nitrogens with one attached hydrogen (secondary N) is 1. The average molecular weight is 438 g/mol. The summed E-state index contributed by atoms with van der Waals surface area (Å²) in [7, 11) is 1.45. The zero-order valence-corrected chi connectivity index (χ0v) is 17.8. The molecule has 0 unspecified atom stereocenters. The number of amides is 2. The van der Waals surface area contributed by atoms with Gasteiger partial charge in [-0.25, -0.2) is 4.79 Å². The van der Waals surface area contributed by atoms with Crippen molar-refractivity contribution in [3.8, 4) is 11.1 Å². The van der Waals surface area contributed by atoms with Gasteiger partial charge >= 0.3 is 12.1 Å². The van der Waals surface area contributed by atoms with Crippen molar-refractivity contribution in [2.75, 3.05) is 33.4 Å². The van der Waals surface area contributed by atoms with Crippen LogP contribution in [0.25, 0.3) is 11.1 Å². The Kier molecular flexibility index (Phi) is 6.41. The van der Waals surface area contributed by atoms with Crippen LogP contribution in [0.5, 0.6) is 0 Å². The number of nitrogens with zero attached hydrogens (tertiary/aromatic N) is 1. The second kappa shape index (κ2) is 9.40. The van der Waals surface area contributed by atoms with E-state index in [1.54, 1.807) is 0 Å². The number of hydrogen-bond donors (Lipinski definition) is 2. The molecule has 2 aromatic carbocycles. The lowest BCUT2D eigenvalue weighted by Gasteiger charge is -2.40. The summed E-state index contributed by atoms with van der Waals surface area (Å²) in [5.41, 5.74) is 4.49. The first-order valence-corrected chi connectivity index (χ1v) is 10.6. The third-order valence-electron chi connectivity index (χ3n) is 6.00. The molecule has 0 bridgehead atoms. The number of aliphatic carboxylic acids is 1. The highest BCUT2D eigenvalue weighted by Gasteiger charge is 2.36.